The van der Waals surface area contributed by atoms with E-state index in [4.69, 9.17) is 9.15 Å². The van der Waals surface area contributed by atoms with Crippen molar-refractivity contribution in [1.29, 1.82) is 0 Å². The minimum absolute atomic E-state index is 0.409. The Balaban J connectivity index is 1.73. The molecule has 6 heteroatoms. The van der Waals surface area contributed by atoms with Crippen LogP contribution in [0, 0.1) is 6.92 Å². The first-order valence-corrected chi connectivity index (χ1v) is 8.87. The Hall–Kier alpha value is -2.34. The Morgan fingerprint density at radius 3 is 2.64 bits per heavy atom. The molecule has 130 valence electrons. The highest BCUT2D eigenvalue weighted by Crippen LogP contribution is 2.23. The average molecular weight is 404 g/mol. The van der Waals surface area contributed by atoms with Gasteiger partial charge in [-0.1, -0.05) is 18.2 Å². The number of rotatable bonds is 6. The molecular weight excluding hydrogens is 386 g/mol. The number of benzene rings is 2. The maximum absolute atomic E-state index is 12.1. The highest BCUT2D eigenvalue weighted by molar-refractivity contribution is 9.10. The lowest BCUT2D eigenvalue weighted by molar-refractivity contribution is 0.301. The molecule has 25 heavy (non-hydrogen) atoms. The summed E-state index contributed by atoms with van der Waals surface area (Å²) in [7, 11) is 0. The van der Waals surface area contributed by atoms with Crippen LogP contribution in [0.2, 0.25) is 0 Å². The Labute approximate surface area is 153 Å². The number of nitrogens with zero attached hydrogens (tertiary/aromatic N) is 1. The van der Waals surface area contributed by atoms with Gasteiger partial charge in [0.1, 0.15) is 5.75 Å². The van der Waals surface area contributed by atoms with Crippen molar-refractivity contribution in [2.45, 2.75) is 26.3 Å². The van der Waals surface area contributed by atoms with E-state index in [-0.39, 0.29) is 0 Å². The lowest BCUT2D eigenvalue weighted by atomic mass is 10.1. The summed E-state index contributed by atoms with van der Waals surface area (Å²) < 4.78 is 12.7. The number of halogens is 1. The van der Waals surface area contributed by atoms with Gasteiger partial charge in [0.05, 0.1) is 17.5 Å². The molecule has 0 fully saturated rings. The minimum atomic E-state index is -0.633. The topological polar surface area (TPSA) is 61.4 Å². The van der Waals surface area contributed by atoms with Crippen LogP contribution in [0.25, 0.3) is 10.9 Å². The number of aromatic nitrogens is 1. The van der Waals surface area contributed by atoms with E-state index in [0.717, 1.165) is 24.2 Å². The van der Waals surface area contributed by atoms with Crippen LogP contribution in [0.15, 0.2) is 60.9 Å². The van der Waals surface area contributed by atoms with Crippen molar-refractivity contribution >= 4 is 26.8 Å². The van der Waals surface area contributed by atoms with Gasteiger partial charge in [-0.15, -0.1) is 0 Å². The molecule has 0 unspecified atom stereocenters. The number of para-hydroxylation sites is 1. The Morgan fingerprint density at radius 2 is 1.88 bits per heavy atom. The van der Waals surface area contributed by atoms with E-state index in [0.29, 0.717) is 28.5 Å². The van der Waals surface area contributed by atoms with Crippen LogP contribution in [0.1, 0.15) is 18.4 Å². The third-order valence-corrected chi connectivity index (χ3v) is 4.49. The van der Waals surface area contributed by atoms with Crippen LogP contribution in [0.4, 0.5) is 0 Å². The van der Waals surface area contributed by atoms with E-state index in [1.165, 1.54) is 4.57 Å². The van der Waals surface area contributed by atoms with Crippen LogP contribution < -0.4 is 16.1 Å². The number of aryl methyl sites for hydroxylation is 2. The monoisotopic (exact) mass is 403 g/mol. The Morgan fingerprint density at radius 1 is 1.12 bits per heavy atom. The fourth-order valence-electron chi connectivity index (χ4n) is 2.73. The largest absolute Gasteiger partial charge is 0.494 e. The summed E-state index contributed by atoms with van der Waals surface area (Å²) in [6.45, 7) is 2.91. The minimum Gasteiger partial charge on any atom is -0.494 e. The molecule has 0 bridgehead atoms. The number of unbranched alkanes of at least 4 members (excludes halogenated alkanes) is 1. The summed E-state index contributed by atoms with van der Waals surface area (Å²) in [6.07, 6.45) is 1.52. The standard InChI is InChI=1S/C19H18BrNO4/c1-13-11-15-17(16(20)12-13)21(19(23)25-18(15)22)9-5-6-10-24-14-7-3-2-4-8-14/h2-4,7-8,11-12H,5-6,9-10H2,1H3. The Bertz CT molecular complexity index is 992. The van der Waals surface area contributed by atoms with E-state index in [1.807, 2.05) is 43.3 Å². The van der Waals surface area contributed by atoms with E-state index in [2.05, 4.69) is 15.9 Å². The van der Waals surface area contributed by atoms with Crippen molar-refractivity contribution in [2.24, 2.45) is 0 Å². The SMILES string of the molecule is Cc1cc(Br)c2c(c1)c(=O)oc(=O)n2CCCCOc1ccccc1. The maximum atomic E-state index is 12.1. The summed E-state index contributed by atoms with van der Waals surface area (Å²) >= 11 is 3.46. The summed E-state index contributed by atoms with van der Waals surface area (Å²) in [4.78, 5) is 24.1. The predicted molar refractivity (Wildman–Crippen MR) is 100 cm³/mol. The third-order valence-electron chi connectivity index (χ3n) is 3.89. The first-order chi connectivity index (χ1) is 12.1. The van der Waals surface area contributed by atoms with Crippen LogP contribution in [0.3, 0.4) is 0 Å². The van der Waals surface area contributed by atoms with Gasteiger partial charge in [-0.3, -0.25) is 4.57 Å². The van der Waals surface area contributed by atoms with Gasteiger partial charge in [0.2, 0.25) is 0 Å². The molecule has 0 saturated carbocycles. The van der Waals surface area contributed by atoms with Crippen LogP contribution in [-0.2, 0) is 6.54 Å². The summed E-state index contributed by atoms with van der Waals surface area (Å²) in [5.41, 5.74) is 0.900. The fraction of sp³-hybridized carbons (Fsp3) is 0.263. The van der Waals surface area contributed by atoms with E-state index in [9.17, 15) is 9.59 Å². The molecule has 0 radical (unpaired) electrons. The Kier molecular flexibility index (Phi) is 5.38. The van der Waals surface area contributed by atoms with E-state index >= 15 is 0 Å². The molecule has 0 aliphatic rings. The smallest absolute Gasteiger partial charge is 0.422 e. The van der Waals surface area contributed by atoms with Crippen molar-refractivity contribution in [1.82, 2.24) is 4.57 Å². The van der Waals surface area contributed by atoms with Gasteiger partial charge in [0, 0.05) is 11.0 Å². The zero-order valence-electron chi connectivity index (χ0n) is 13.8. The lowest BCUT2D eigenvalue weighted by Gasteiger charge is -2.11. The zero-order chi connectivity index (χ0) is 17.8. The normalized spacial score (nSPS) is 11.0. The molecular formula is C19H18BrNO4. The first kappa shape index (κ1) is 17.5. The van der Waals surface area contributed by atoms with Crippen molar-refractivity contribution in [2.75, 3.05) is 6.61 Å². The van der Waals surface area contributed by atoms with Gasteiger partial charge in [-0.05, 0) is 65.5 Å². The number of ether oxygens (including phenoxy) is 1. The fourth-order valence-corrected chi connectivity index (χ4v) is 3.52. The van der Waals surface area contributed by atoms with Gasteiger partial charge >= 0.3 is 11.4 Å². The molecule has 0 N–H and O–H groups in total. The van der Waals surface area contributed by atoms with Gasteiger partial charge in [-0.25, -0.2) is 9.59 Å². The van der Waals surface area contributed by atoms with Gasteiger partial charge < -0.3 is 9.15 Å². The highest BCUT2D eigenvalue weighted by atomic mass is 79.9. The number of hydrogen-bond donors (Lipinski definition) is 0. The second kappa shape index (κ2) is 7.70. The average Bonchev–Trinajstić information content (AvgIpc) is 2.58. The molecule has 5 nitrogen and oxygen atoms in total. The molecule has 0 saturated heterocycles. The van der Waals surface area contributed by atoms with Crippen LogP contribution >= 0.6 is 15.9 Å². The zero-order valence-corrected chi connectivity index (χ0v) is 15.4. The quantitative estimate of drug-likeness (QED) is 0.585. The predicted octanol–water partition coefficient (Wildman–Crippen LogP) is 3.88. The van der Waals surface area contributed by atoms with Crippen molar-refractivity contribution in [3.8, 4) is 5.75 Å². The molecule has 0 amide bonds. The summed E-state index contributed by atoms with van der Waals surface area (Å²) in [6, 6.07) is 13.2. The van der Waals surface area contributed by atoms with Crippen molar-refractivity contribution in [3.63, 3.8) is 0 Å². The summed E-state index contributed by atoms with van der Waals surface area (Å²) in [5.74, 6) is 0.195. The maximum Gasteiger partial charge on any atom is 0.422 e. The van der Waals surface area contributed by atoms with Gasteiger partial charge in [0.15, 0.2) is 0 Å². The van der Waals surface area contributed by atoms with E-state index < -0.39 is 11.4 Å². The second-order valence-electron chi connectivity index (χ2n) is 5.82. The highest BCUT2D eigenvalue weighted by Gasteiger charge is 2.13. The first-order valence-electron chi connectivity index (χ1n) is 8.08. The van der Waals surface area contributed by atoms with E-state index in [1.54, 1.807) is 6.07 Å². The summed E-state index contributed by atoms with van der Waals surface area (Å²) in [5, 5.41) is 0.409. The molecule has 3 rings (SSSR count). The second-order valence-corrected chi connectivity index (χ2v) is 6.67. The molecule has 0 aliphatic heterocycles. The van der Waals surface area contributed by atoms with Crippen molar-refractivity contribution < 1.29 is 9.15 Å². The van der Waals surface area contributed by atoms with Crippen LogP contribution in [0.5, 0.6) is 5.75 Å². The van der Waals surface area contributed by atoms with Crippen molar-refractivity contribution in [3.05, 3.63) is 73.5 Å². The molecule has 1 heterocycles. The molecule has 1 aromatic heterocycles. The molecule has 3 aromatic rings. The molecule has 0 aliphatic carbocycles. The van der Waals surface area contributed by atoms with Crippen LogP contribution in [-0.4, -0.2) is 11.2 Å². The molecule has 0 atom stereocenters. The lowest BCUT2D eigenvalue weighted by Crippen LogP contribution is -2.25. The molecule has 0 spiro atoms. The number of hydrogen-bond acceptors (Lipinski definition) is 4. The molecule has 2 aromatic carbocycles. The van der Waals surface area contributed by atoms with Gasteiger partial charge in [0.25, 0.3) is 0 Å². The van der Waals surface area contributed by atoms with Gasteiger partial charge in [-0.2, -0.15) is 0 Å². The third kappa shape index (κ3) is 4.02. The number of fused-ring (bicyclic) bond motifs is 1.